The number of carbonyl (C=O) groups excluding carboxylic acids is 1. The second kappa shape index (κ2) is 7.99. The van der Waals surface area contributed by atoms with Crippen LogP contribution in [-0.2, 0) is 10.3 Å². The molecule has 2 atom stereocenters. The Morgan fingerprint density at radius 2 is 1.73 bits per heavy atom. The Labute approximate surface area is 199 Å². The van der Waals surface area contributed by atoms with E-state index in [0.29, 0.717) is 17.1 Å². The minimum Gasteiger partial charge on any atom is -0.456 e. The largest absolute Gasteiger partial charge is 0.456 e. The summed E-state index contributed by atoms with van der Waals surface area (Å²) in [6.45, 7) is 7.80. The van der Waals surface area contributed by atoms with Gasteiger partial charge < -0.3 is 19.3 Å². The van der Waals surface area contributed by atoms with Crippen molar-refractivity contribution in [2.75, 3.05) is 29.9 Å². The molecule has 3 aromatic carbocycles. The van der Waals surface area contributed by atoms with Gasteiger partial charge in [0, 0.05) is 42.6 Å². The number of benzene rings is 3. The van der Waals surface area contributed by atoms with Crippen LogP contribution in [0.5, 0.6) is 11.5 Å². The minimum absolute atomic E-state index is 0.208. The molecule has 2 aliphatic heterocycles. The van der Waals surface area contributed by atoms with Crippen LogP contribution in [0.4, 0.5) is 11.4 Å². The molecule has 0 saturated carbocycles. The minimum atomic E-state index is -1.11. The summed E-state index contributed by atoms with van der Waals surface area (Å²) < 4.78 is 12.8. The smallest absolute Gasteiger partial charge is 0.340 e. The van der Waals surface area contributed by atoms with Crippen molar-refractivity contribution in [3.63, 3.8) is 0 Å². The fourth-order valence-corrected chi connectivity index (χ4v) is 5.06. The van der Waals surface area contributed by atoms with Crippen molar-refractivity contribution in [3.8, 4) is 11.5 Å². The van der Waals surface area contributed by atoms with Crippen molar-refractivity contribution in [2.24, 2.45) is 0 Å². The van der Waals surface area contributed by atoms with E-state index in [1.165, 1.54) is 0 Å². The molecule has 0 saturated heterocycles. The molecule has 170 valence electrons. The zero-order chi connectivity index (χ0) is 23.3. The number of esters is 1. The van der Waals surface area contributed by atoms with Crippen molar-refractivity contribution in [1.82, 2.24) is 0 Å². The Bertz CT molecular complexity index is 1240. The van der Waals surface area contributed by atoms with E-state index in [0.717, 1.165) is 41.2 Å². The normalized spacial score (nSPS) is 18.6. The summed E-state index contributed by atoms with van der Waals surface area (Å²) in [5.74, 6) is 1.04. The maximum Gasteiger partial charge on any atom is 0.340 e. The van der Waals surface area contributed by atoms with E-state index in [9.17, 15) is 4.79 Å². The lowest BCUT2D eigenvalue weighted by Crippen LogP contribution is -2.36. The van der Waals surface area contributed by atoms with Gasteiger partial charge in [0.15, 0.2) is 5.60 Å². The molecule has 5 rings (SSSR count). The van der Waals surface area contributed by atoms with E-state index in [-0.39, 0.29) is 11.5 Å². The van der Waals surface area contributed by atoms with Crippen LogP contribution < -0.4 is 14.5 Å². The molecule has 5 nitrogen and oxygen atoms in total. The average Bonchev–Trinajstić information content (AvgIpc) is 3.12. The Morgan fingerprint density at radius 1 is 0.970 bits per heavy atom. The average molecular weight is 463 g/mol. The number of ether oxygens (including phenoxy) is 2. The lowest BCUT2D eigenvalue weighted by Gasteiger charge is -2.40. The van der Waals surface area contributed by atoms with E-state index < -0.39 is 5.60 Å². The monoisotopic (exact) mass is 462 g/mol. The van der Waals surface area contributed by atoms with Crippen molar-refractivity contribution in [2.45, 2.75) is 31.9 Å². The number of hydrogen-bond acceptors (Lipinski definition) is 5. The van der Waals surface area contributed by atoms with Crippen LogP contribution in [0.15, 0.2) is 60.7 Å². The fraction of sp³-hybridized carbons (Fsp3) is 0.296. The molecule has 33 heavy (non-hydrogen) atoms. The molecule has 0 N–H and O–H groups in total. The van der Waals surface area contributed by atoms with Crippen molar-refractivity contribution >= 4 is 28.9 Å². The zero-order valence-electron chi connectivity index (χ0n) is 19.3. The number of hydrogen-bond donors (Lipinski definition) is 0. The Hall–Kier alpha value is -3.18. The highest BCUT2D eigenvalue weighted by atomic mass is 35.5. The van der Waals surface area contributed by atoms with Gasteiger partial charge in [-0.05, 0) is 57.2 Å². The summed E-state index contributed by atoms with van der Waals surface area (Å²) in [7, 11) is 1.94. The lowest BCUT2D eigenvalue weighted by molar-refractivity contribution is 0.0226. The molecule has 0 aliphatic carbocycles. The van der Waals surface area contributed by atoms with Gasteiger partial charge in [-0.15, -0.1) is 0 Å². The number of nitrogens with zero attached hydrogens (tertiary/aromatic N) is 2. The van der Waals surface area contributed by atoms with Crippen LogP contribution in [0.2, 0.25) is 0 Å². The first-order valence-corrected chi connectivity index (χ1v) is 11.8. The summed E-state index contributed by atoms with van der Waals surface area (Å²) in [5.41, 5.74) is 3.67. The maximum atomic E-state index is 13.2. The van der Waals surface area contributed by atoms with E-state index >= 15 is 0 Å². The molecular formula is C27H27ClN2O3. The molecular weight excluding hydrogens is 436 g/mol. The molecule has 2 unspecified atom stereocenters. The van der Waals surface area contributed by atoms with E-state index in [1.807, 2.05) is 73.5 Å². The lowest BCUT2D eigenvalue weighted by atomic mass is 9.76. The maximum absolute atomic E-state index is 13.2. The van der Waals surface area contributed by atoms with Crippen LogP contribution in [0.25, 0.3) is 0 Å². The molecule has 3 aromatic rings. The summed E-state index contributed by atoms with van der Waals surface area (Å²) >= 11 is 6.39. The van der Waals surface area contributed by atoms with E-state index in [4.69, 9.17) is 21.1 Å². The van der Waals surface area contributed by atoms with Crippen molar-refractivity contribution in [1.29, 1.82) is 0 Å². The van der Waals surface area contributed by atoms with Gasteiger partial charge in [-0.2, -0.15) is 0 Å². The third-order valence-electron chi connectivity index (χ3n) is 6.74. The first-order valence-electron chi connectivity index (χ1n) is 11.3. The number of alkyl halides is 1. The topological polar surface area (TPSA) is 42.0 Å². The van der Waals surface area contributed by atoms with Gasteiger partial charge in [0.25, 0.3) is 0 Å². The number of anilines is 2. The van der Waals surface area contributed by atoms with Crippen LogP contribution in [0.1, 0.15) is 47.8 Å². The van der Waals surface area contributed by atoms with Gasteiger partial charge in [0.1, 0.15) is 17.0 Å². The summed E-state index contributed by atoms with van der Waals surface area (Å²) in [6, 6.07) is 19.6. The van der Waals surface area contributed by atoms with Gasteiger partial charge in [0.2, 0.25) is 0 Å². The molecule has 0 aromatic heterocycles. The fourth-order valence-electron chi connectivity index (χ4n) is 4.95. The van der Waals surface area contributed by atoms with Crippen LogP contribution in [0.3, 0.4) is 0 Å². The molecule has 0 bridgehead atoms. The Morgan fingerprint density at radius 3 is 2.45 bits per heavy atom. The highest BCUT2D eigenvalue weighted by Gasteiger charge is 2.55. The first-order chi connectivity index (χ1) is 15.9. The predicted molar refractivity (Wildman–Crippen MR) is 132 cm³/mol. The molecule has 0 fully saturated rings. The Balaban J connectivity index is 1.87. The highest BCUT2D eigenvalue weighted by molar-refractivity contribution is 6.21. The summed E-state index contributed by atoms with van der Waals surface area (Å²) in [6.07, 6.45) is 0. The van der Waals surface area contributed by atoms with Gasteiger partial charge in [-0.1, -0.05) is 35.9 Å². The van der Waals surface area contributed by atoms with Crippen molar-refractivity contribution < 1.29 is 14.3 Å². The molecule has 0 amide bonds. The zero-order valence-corrected chi connectivity index (χ0v) is 20.0. The highest BCUT2D eigenvalue weighted by Crippen LogP contribution is 2.59. The van der Waals surface area contributed by atoms with Gasteiger partial charge in [0.05, 0.1) is 11.1 Å². The number of rotatable bonds is 5. The quantitative estimate of drug-likeness (QED) is 0.259. The Kier molecular flexibility index (Phi) is 5.25. The molecule has 2 heterocycles. The van der Waals surface area contributed by atoms with E-state index in [1.54, 1.807) is 0 Å². The van der Waals surface area contributed by atoms with Crippen molar-refractivity contribution in [3.05, 3.63) is 82.9 Å². The van der Waals surface area contributed by atoms with Gasteiger partial charge >= 0.3 is 5.97 Å². The molecule has 0 radical (unpaired) electrons. The third-order valence-corrected chi connectivity index (χ3v) is 7.03. The summed E-state index contributed by atoms with van der Waals surface area (Å²) in [4.78, 5) is 17.4. The van der Waals surface area contributed by atoms with E-state index in [2.05, 4.69) is 24.8 Å². The molecule has 1 spiro atoms. The van der Waals surface area contributed by atoms with Crippen LogP contribution in [0, 0.1) is 0 Å². The molecule has 6 heteroatoms. The third kappa shape index (κ3) is 3.10. The van der Waals surface area contributed by atoms with Gasteiger partial charge in [-0.3, -0.25) is 0 Å². The summed E-state index contributed by atoms with van der Waals surface area (Å²) in [5, 5.41) is 0. The number of halogens is 1. The second-order valence-electron chi connectivity index (χ2n) is 8.41. The predicted octanol–water partition coefficient (Wildman–Crippen LogP) is 6.12. The standard InChI is InChI=1S/C27H27ClN2O3/c1-5-30(6-2)22-12-9-13-24-25(22)27(20-11-8-7-10-19(20)26(31)33-27)21-16-18(29(4)17(3)28)14-15-23(21)32-24/h7-17H,5-6H2,1-4H3. The van der Waals surface area contributed by atoms with Crippen LogP contribution >= 0.6 is 11.6 Å². The van der Waals surface area contributed by atoms with Crippen LogP contribution in [-0.4, -0.2) is 31.6 Å². The number of fused-ring (bicyclic) bond motifs is 6. The molecule has 2 aliphatic rings. The SMILES string of the molecule is CCN(CC)c1cccc2c1C1(OC(=O)c3ccccc31)c1cc(N(C)C(C)Cl)ccc1O2. The van der Waals surface area contributed by atoms with Gasteiger partial charge in [-0.25, -0.2) is 4.79 Å². The second-order valence-corrected chi connectivity index (χ2v) is 9.04. The first kappa shape index (κ1) is 21.7. The number of carbonyl (C=O) groups is 1.